The molecule has 0 bridgehead atoms. The first-order valence-electron chi connectivity index (χ1n) is 3.57. The van der Waals surface area contributed by atoms with Gasteiger partial charge in [-0.3, -0.25) is 0 Å². The third kappa shape index (κ3) is 1.81. The van der Waals surface area contributed by atoms with Crippen LogP contribution in [0.4, 0.5) is 30.7 Å². The van der Waals surface area contributed by atoms with Crippen LogP contribution in [0.2, 0.25) is 0 Å². The molecular weight excluding hydrogens is 217 g/mol. The molecule has 0 heterocycles. The summed E-state index contributed by atoms with van der Waals surface area (Å²) in [6, 6.07) is 0. The number of hydrogen-bond acceptors (Lipinski definition) is 0. The van der Waals surface area contributed by atoms with Crippen molar-refractivity contribution in [2.45, 2.75) is 38.8 Å². The molecule has 0 saturated carbocycles. The van der Waals surface area contributed by atoms with Gasteiger partial charge in [0.1, 0.15) is 0 Å². The van der Waals surface area contributed by atoms with Gasteiger partial charge in [-0.25, -0.2) is 4.39 Å². The molecule has 0 unspecified atom stereocenters. The molecule has 0 rings (SSSR count). The van der Waals surface area contributed by atoms with Crippen molar-refractivity contribution in [2.24, 2.45) is 5.41 Å². The fraction of sp³-hybridized carbons (Fsp3) is 1.00. The molecule has 14 heavy (non-hydrogen) atoms. The van der Waals surface area contributed by atoms with Crippen LogP contribution in [0.1, 0.15) is 20.8 Å². The summed E-state index contributed by atoms with van der Waals surface area (Å²) in [5, 5.41) is 0. The lowest BCUT2D eigenvalue weighted by molar-refractivity contribution is -0.370. The van der Waals surface area contributed by atoms with Crippen molar-refractivity contribution < 1.29 is 30.7 Å². The molecular formula is C7H9F7. The van der Waals surface area contributed by atoms with E-state index in [1.54, 1.807) is 0 Å². The third-order valence-electron chi connectivity index (χ3n) is 1.81. The topological polar surface area (TPSA) is 0 Å². The van der Waals surface area contributed by atoms with E-state index in [2.05, 4.69) is 0 Å². The van der Waals surface area contributed by atoms with E-state index in [0.29, 0.717) is 20.8 Å². The molecule has 0 aromatic rings. The average Bonchev–Trinajstić information content (AvgIpc) is 1.77. The van der Waals surface area contributed by atoms with Crippen LogP contribution in [0.15, 0.2) is 0 Å². The highest BCUT2D eigenvalue weighted by atomic mass is 19.4. The monoisotopic (exact) mass is 226 g/mol. The molecule has 0 spiro atoms. The van der Waals surface area contributed by atoms with Gasteiger partial charge in [0.05, 0.1) is 0 Å². The van der Waals surface area contributed by atoms with Crippen molar-refractivity contribution >= 4 is 0 Å². The van der Waals surface area contributed by atoms with Crippen LogP contribution in [0, 0.1) is 5.41 Å². The van der Waals surface area contributed by atoms with E-state index in [4.69, 9.17) is 0 Å². The Morgan fingerprint density at radius 1 is 0.571 bits per heavy atom. The van der Waals surface area contributed by atoms with Gasteiger partial charge in [0, 0.05) is 5.41 Å². The second kappa shape index (κ2) is 3.00. The van der Waals surface area contributed by atoms with Crippen LogP contribution in [0.25, 0.3) is 0 Å². The number of rotatable bonds is 0. The molecule has 0 aliphatic carbocycles. The third-order valence-corrected chi connectivity index (χ3v) is 1.81. The first-order chi connectivity index (χ1) is 5.75. The number of hydrogen-bond donors (Lipinski definition) is 0. The van der Waals surface area contributed by atoms with Gasteiger partial charge in [-0.2, -0.15) is 26.3 Å². The highest BCUT2D eigenvalue weighted by molar-refractivity contribution is 5.02. The van der Waals surface area contributed by atoms with Crippen LogP contribution >= 0.6 is 0 Å². The van der Waals surface area contributed by atoms with E-state index < -0.39 is 23.4 Å². The second-order valence-electron chi connectivity index (χ2n) is 3.90. The molecule has 0 fully saturated rings. The summed E-state index contributed by atoms with van der Waals surface area (Å²) in [5.41, 5.74) is -7.78. The largest absolute Gasteiger partial charge is 0.432 e. The van der Waals surface area contributed by atoms with E-state index in [1.807, 2.05) is 0 Å². The molecule has 0 saturated heterocycles. The standard InChI is InChI=1S/C7H9F7/c1-4(2,3)5(8,6(9,10)11)7(12,13)14/h1-3H3. The average molecular weight is 226 g/mol. The summed E-state index contributed by atoms with van der Waals surface area (Å²) in [6.45, 7) is 1.65. The number of alkyl halides is 7. The van der Waals surface area contributed by atoms with E-state index in [9.17, 15) is 30.7 Å². The Kier molecular flexibility index (Phi) is 2.89. The van der Waals surface area contributed by atoms with Crippen LogP contribution in [-0.4, -0.2) is 18.0 Å². The maximum atomic E-state index is 13.1. The highest BCUT2D eigenvalue weighted by Crippen LogP contribution is 2.55. The van der Waals surface area contributed by atoms with Gasteiger partial charge in [0.25, 0.3) is 0 Å². The fourth-order valence-corrected chi connectivity index (χ4v) is 1.01. The van der Waals surface area contributed by atoms with Crippen LogP contribution in [0.3, 0.4) is 0 Å². The number of halogens is 7. The summed E-state index contributed by atoms with van der Waals surface area (Å²) in [5.74, 6) is 0. The molecule has 0 N–H and O–H groups in total. The van der Waals surface area contributed by atoms with Crippen molar-refractivity contribution in [1.29, 1.82) is 0 Å². The molecule has 0 nitrogen and oxygen atoms in total. The molecule has 0 atom stereocenters. The van der Waals surface area contributed by atoms with E-state index in [1.165, 1.54) is 0 Å². The van der Waals surface area contributed by atoms with Gasteiger partial charge in [0.2, 0.25) is 0 Å². The van der Waals surface area contributed by atoms with Gasteiger partial charge in [-0.15, -0.1) is 0 Å². The molecule has 86 valence electrons. The smallest absolute Gasteiger partial charge is 0.223 e. The van der Waals surface area contributed by atoms with Crippen molar-refractivity contribution in [3.63, 3.8) is 0 Å². The van der Waals surface area contributed by atoms with Crippen molar-refractivity contribution in [2.75, 3.05) is 0 Å². The van der Waals surface area contributed by atoms with Crippen LogP contribution in [-0.2, 0) is 0 Å². The first kappa shape index (κ1) is 13.5. The zero-order chi connectivity index (χ0) is 12.0. The minimum absolute atomic E-state index is 0.550. The first-order valence-corrected chi connectivity index (χ1v) is 3.57. The van der Waals surface area contributed by atoms with E-state index >= 15 is 0 Å². The maximum Gasteiger partial charge on any atom is 0.432 e. The Bertz CT molecular complexity index is 168. The normalized spacial score (nSPS) is 15.9. The van der Waals surface area contributed by atoms with Gasteiger partial charge < -0.3 is 0 Å². The Hall–Kier alpha value is -0.490. The Balaban J connectivity index is 5.54. The maximum absolute atomic E-state index is 13.1. The Morgan fingerprint density at radius 2 is 0.786 bits per heavy atom. The highest BCUT2D eigenvalue weighted by Gasteiger charge is 2.77. The molecule has 0 radical (unpaired) electrons. The predicted octanol–water partition coefficient (Wildman–Crippen LogP) is 3.87. The molecule has 0 aliphatic rings. The summed E-state index contributed by atoms with van der Waals surface area (Å²) >= 11 is 0. The zero-order valence-corrected chi connectivity index (χ0v) is 7.65. The van der Waals surface area contributed by atoms with Crippen LogP contribution in [0.5, 0.6) is 0 Å². The fourth-order valence-electron chi connectivity index (χ4n) is 1.01. The van der Waals surface area contributed by atoms with Gasteiger partial charge in [0.15, 0.2) is 0 Å². The minimum atomic E-state index is -5.97. The zero-order valence-electron chi connectivity index (χ0n) is 7.65. The quantitative estimate of drug-likeness (QED) is 0.550. The molecule has 0 amide bonds. The van der Waals surface area contributed by atoms with Crippen LogP contribution < -0.4 is 0 Å². The molecule has 0 aromatic heterocycles. The van der Waals surface area contributed by atoms with Gasteiger partial charge in [-0.1, -0.05) is 20.8 Å². The summed E-state index contributed by atoms with van der Waals surface area (Å²) in [6.07, 6.45) is -11.9. The van der Waals surface area contributed by atoms with E-state index in [-0.39, 0.29) is 0 Å². The summed E-state index contributed by atoms with van der Waals surface area (Å²) in [4.78, 5) is 0. The lowest BCUT2D eigenvalue weighted by Crippen LogP contribution is -2.61. The summed E-state index contributed by atoms with van der Waals surface area (Å²) < 4.78 is 85.1. The molecule has 7 heteroatoms. The van der Waals surface area contributed by atoms with Crippen molar-refractivity contribution in [3.8, 4) is 0 Å². The SMILES string of the molecule is CC(C)(C)C(F)(C(F)(F)F)C(F)(F)F. The molecule has 0 aromatic carbocycles. The predicted molar refractivity (Wildman–Crippen MR) is 35.4 cm³/mol. The van der Waals surface area contributed by atoms with Crippen molar-refractivity contribution in [1.82, 2.24) is 0 Å². The van der Waals surface area contributed by atoms with Gasteiger partial charge in [-0.05, 0) is 0 Å². The second-order valence-corrected chi connectivity index (χ2v) is 3.90. The Labute approximate surface area is 76.1 Å². The molecule has 0 aliphatic heterocycles. The van der Waals surface area contributed by atoms with E-state index in [0.717, 1.165) is 0 Å². The van der Waals surface area contributed by atoms with Crippen molar-refractivity contribution in [3.05, 3.63) is 0 Å². The lowest BCUT2D eigenvalue weighted by Gasteiger charge is -2.39. The minimum Gasteiger partial charge on any atom is -0.223 e. The Morgan fingerprint density at radius 3 is 0.786 bits per heavy atom. The summed E-state index contributed by atoms with van der Waals surface area (Å²) in [7, 11) is 0. The lowest BCUT2D eigenvalue weighted by atomic mass is 9.77. The van der Waals surface area contributed by atoms with Gasteiger partial charge >= 0.3 is 18.0 Å².